The molecular formula is C12H13ClN2O3. The van der Waals surface area contributed by atoms with Gasteiger partial charge in [-0.25, -0.2) is 0 Å². The number of aromatic nitrogens is 2. The lowest BCUT2D eigenvalue weighted by Crippen LogP contribution is -2.09. The summed E-state index contributed by atoms with van der Waals surface area (Å²) < 4.78 is 10.2. The highest BCUT2D eigenvalue weighted by Gasteiger charge is 2.14. The van der Waals surface area contributed by atoms with Gasteiger partial charge in [0.2, 0.25) is 0 Å². The van der Waals surface area contributed by atoms with Gasteiger partial charge in [0, 0.05) is 18.6 Å². The van der Waals surface area contributed by atoms with Crippen LogP contribution in [0.2, 0.25) is 5.02 Å². The monoisotopic (exact) mass is 268 g/mol. The smallest absolute Gasteiger partial charge is 0.261 e. The van der Waals surface area contributed by atoms with Crippen LogP contribution >= 0.6 is 11.6 Å². The fraction of sp³-hybridized carbons (Fsp3) is 0.333. The Kier molecular flexibility index (Phi) is 3.84. The van der Waals surface area contributed by atoms with Gasteiger partial charge in [-0.2, -0.15) is 4.98 Å². The van der Waals surface area contributed by atoms with Crippen LogP contribution in [0.5, 0.6) is 5.75 Å². The van der Waals surface area contributed by atoms with Crippen molar-refractivity contribution in [2.75, 3.05) is 7.11 Å². The molecule has 0 amide bonds. The van der Waals surface area contributed by atoms with Gasteiger partial charge in [-0.15, -0.1) is 0 Å². The van der Waals surface area contributed by atoms with E-state index in [1.165, 1.54) is 6.07 Å². The molecule has 0 saturated heterocycles. The minimum Gasteiger partial charge on any atom is -0.507 e. The molecule has 5 nitrogen and oxygen atoms in total. The molecule has 6 heteroatoms. The third-order valence-corrected chi connectivity index (χ3v) is 2.76. The van der Waals surface area contributed by atoms with Crippen molar-refractivity contribution < 1.29 is 14.4 Å². The quantitative estimate of drug-likeness (QED) is 0.923. The first-order valence-corrected chi connectivity index (χ1v) is 5.82. The number of rotatable bonds is 4. The summed E-state index contributed by atoms with van der Waals surface area (Å²) in [4.78, 5) is 4.19. The van der Waals surface area contributed by atoms with Gasteiger partial charge < -0.3 is 14.4 Å². The fourth-order valence-electron chi connectivity index (χ4n) is 1.47. The summed E-state index contributed by atoms with van der Waals surface area (Å²) in [6.07, 6.45) is 0.546. The van der Waals surface area contributed by atoms with E-state index in [2.05, 4.69) is 10.1 Å². The Bertz CT molecular complexity index is 542. The number of aromatic hydroxyl groups is 1. The van der Waals surface area contributed by atoms with Gasteiger partial charge in [-0.3, -0.25) is 0 Å². The van der Waals surface area contributed by atoms with Crippen LogP contribution in [-0.4, -0.2) is 28.5 Å². The molecule has 0 aliphatic carbocycles. The number of phenols is 1. The molecule has 0 bridgehead atoms. The van der Waals surface area contributed by atoms with E-state index in [0.29, 0.717) is 22.8 Å². The van der Waals surface area contributed by atoms with Crippen LogP contribution in [0.4, 0.5) is 0 Å². The Balaban J connectivity index is 2.26. The molecule has 0 aliphatic rings. The first kappa shape index (κ1) is 12.9. The Morgan fingerprint density at radius 3 is 3.00 bits per heavy atom. The van der Waals surface area contributed by atoms with Crippen LogP contribution < -0.4 is 0 Å². The zero-order valence-corrected chi connectivity index (χ0v) is 10.8. The third kappa shape index (κ3) is 2.80. The molecule has 0 aliphatic heterocycles. The van der Waals surface area contributed by atoms with E-state index in [0.717, 1.165) is 0 Å². The van der Waals surface area contributed by atoms with Crippen LogP contribution in [0.25, 0.3) is 11.5 Å². The second-order valence-corrected chi connectivity index (χ2v) is 4.36. The molecule has 1 atom stereocenters. The molecule has 0 fully saturated rings. The van der Waals surface area contributed by atoms with E-state index in [-0.39, 0.29) is 17.7 Å². The Labute approximate surface area is 109 Å². The van der Waals surface area contributed by atoms with E-state index in [1.54, 1.807) is 19.2 Å². The molecule has 0 saturated carbocycles. The topological polar surface area (TPSA) is 68.4 Å². The van der Waals surface area contributed by atoms with Crippen molar-refractivity contribution in [3.63, 3.8) is 0 Å². The lowest BCUT2D eigenvalue weighted by Gasteiger charge is -2.04. The van der Waals surface area contributed by atoms with Crippen molar-refractivity contribution in [1.29, 1.82) is 0 Å². The second kappa shape index (κ2) is 5.37. The van der Waals surface area contributed by atoms with Crippen molar-refractivity contribution in [3.8, 4) is 17.2 Å². The highest BCUT2D eigenvalue weighted by molar-refractivity contribution is 6.30. The first-order valence-electron chi connectivity index (χ1n) is 5.44. The number of halogens is 1. The van der Waals surface area contributed by atoms with Gasteiger partial charge in [-0.1, -0.05) is 16.8 Å². The maximum atomic E-state index is 9.71. The zero-order chi connectivity index (χ0) is 13.1. The average Bonchev–Trinajstić information content (AvgIpc) is 2.80. The molecule has 18 heavy (non-hydrogen) atoms. The SMILES string of the molecule is COC(C)Cc1noc(-c2cc(Cl)ccc2O)n1. The molecule has 0 spiro atoms. The van der Waals surface area contributed by atoms with Crippen LogP contribution in [0.1, 0.15) is 12.7 Å². The average molecular weight is 269 g/mol. The maximum Gasteiger partial charge on any atom is 0.261 e. The Hall–Kier alpha value is -1.59. The number of ether oxygens (including phenoxy) is 1. The largest absolute Gasteiger partial charge is 0.507 e. The van der Waals surface area contributed by atoms with E-state index in [4.69, 9.17) is 20.9 Å². The predicted molar refractivity (Wildman–Crippen MR) is 66.6 cm³/mol. The highest BCUT2D eigenvalue weighted by atomic mass is 35.5. The number of nitrogens with zero attached hydrogens (tertiary/aromatic N) is 2. The number of hydrogen-bond donors (Lipinski definition) is 1. The molecule has 1 N–H and O–H groups in total. The lowest BCUT2D eigenvalue weighted by molar-refractivity contribution is 0.116. The van der Waals surface area contributed by atoms with E-state index < -0.39 is 0 Å². The van der Waals surface area contributed by atoms with Crippen molar-refractivity contribution in [3.05, 3.63) is 29.0 Å². The maximum absolute atomic E-state index is 9.71. The van der Waals surface area contributed by atoms with Crippen molar-refractivity contribution in [2.24, 2.45) is 0 Å². The summed E-state index contributed by atoms with van der Waals surface area (Å²) in [5, 5.41) is 14.0. The molecule has 1 aromatic heterocycles. The number of methoxy groups -OCH3 is 1. The number of phenolic OH excluding ortho intramolecular Hbond substituents is 1. The summed E-state index contributed by atoms with van der Waals surface area (Å²) in [5.74, 6) is 0.821. The molecule has 2 rings (SSSR count). The van der Waals surface area contributed by atoms with Crippen LogP contribution in [0.15, 0.2) is 22.7 Å². The first-order chi connectivity index (χ1) is 8.60. The van der Waals surface area contributed by atoms with E-state index >= 15 is 0 Å². The number of hydrogen-bond acceptors (Lipinski definition) is 5. The van der Waals surface area contributed by atoms with Gasteiger partial charge in [0.1, 0.15) is 5.75 Å². The van der Waals surface area contributed by atoms with Crippen LogP contribution in [0.3, 0.4) is 0 Å². The molecule has 1 unspecified atom stereocenters. The molecule has 96 valence electrons. The van der Waals surface area contributed by atoms with E-state index in [1.807, 2.05) is 6.92 Å². The summed E-state index contributed by atoms with van der Waals surface area (Å²) in [7, 11) is 1.62. The van der Waals surface area contributed by atoms with Crippen molar-refractivity contribution in [2.45, 2.75) is 19.4 Å². The fourth-order valence-corrected chi connectivity index (χ4v) is 1.64. The van der Waals surface area contributed by atoms with E-state index in [9.17, 15) is 5.11 Å². The normalized spacial score (nSPS) is 12.6. The zero-order valence-electron chi connectivity index (χ0n) is 10.1. The van der Waals surface area contributed by atoms with Gasteiger partial charge in [-0.05, 0) is 25.1 Å². The minimum atomic E-state index is 0.00316. The Morgan fingerprint density at radius 1 is 1.50 bits per heavy atom. The highest BCUT2D eigenvalue weighted by Crippen LogP contribution is 2.30. The summed E-state index contributed by atoms with van der Waals surface area (Å²) >= 11 is 5.86. The van der Waals surface area contributed by atoms with Crippen molar-refractivity contribution >= 4 is 11.6 Å². The summed E-state index contributed by atoms with van der Waals surface area (Å²) in [6.45, 7) is 1.91. The van der Waals surface area contributed by atoms with Crippen molar-refractivity contribution in [1.82, 2.24) is 10.1 Å². The van der Waals surface area contributed by atoms with Crippen LogP contribution in [-0.2, 0) is 11.2 Å². The standard InChI is InChI=1S/C12H13ClN2O3/c1-7(17-2)5-11-14-12(18-15-11)9-6-8(13)3-4-10(9)16/h3-4,6-7,16H,5H2,1-2H3. The summed E-state index contributed by atoms with van der Waals surface area (Å²) in [6, 6.07) is 4.65. The second-order valence-electron chi connectivity index (χ2n) is 3.93. The van der Waals surface area contributed by atoms with Crippen LogP contribution in [0, 0.1) is 0 Å². The number of benzene rings is 1. The molecule has 1 heterocycles. The Morgan fingerprint density at radius 2 is 2.28 bits per heavy atom. The predicted octanol–water partition coefficient (Wildman–Crippen LogP) is 2.67. The van der Waals surface area contributed by atoms with Gasteiger partial charge in [0.25, 0.3) is 5.89 Å². The molecule has 1 aromatic carbocycles. The minimum absolute atomic E-state index is 0.00316. The van der Waals surface area contributed by atoms with Gasteiger partial charge in [0.05, 0.1) is 11.7 Å². The molecule has 2 aromatic rings. The molecular weight excluding hydrogens is 256 g/mol. The van der Waals surface area contributed by atoms with Gasteiger partial charge >= 0.3 is 0 Å². The third-order valence-electron chi connectivity index (χ3n) is 2.53. The molecule has 0 radical (unpaired) electrons. The van der Waals surface area contributed by atoms with Gasteiger partial charge in [0.15, 0.2) is 5.82 Å². The summed E-state index contributed by atoms with van der Waals surface area (Å²) in [5.41, 5.74) is 0.423. The lowest BCUT2D eigenvalue weighted by atomic mass is 10.2.